The summed E-state index contributed by atoms with van der Waals surface area (Å²) in [5.74, 6) is 0. The summed E-state index contributed by atoms with van der Waals surface area (Å²) in [7, 11) is 0. The third kappa shape index (κ3) is 450. The number of hydrogen-bond acceptors (Lipinski definition) is 4. The summed E-state index contributed by atoms with van der Waals surface area (Å²) in [4.78, 5) is 22.9. The Hall–Kier alpha value is -0.992. The van der Waals surface area contributed by atoms with E-state index < -0.39 is 5.09 Å². The molecule has 0 amide bonds. The Labute approximate surface area is 75.4 Å². The molecule has 0 aliphatic carbocycles. The molecule has 0 aromatic heterocycles. The van der Waals surface area contributed by atoms with Crippen LogP contribution in [0, 0.1) is 19.9 Å². The number of rotatable bonds is 0. The van der Waals surface area contributed by atoms with E-state index in [1.807, 2.05) is 0 Å². The molecule has 0 atom stereocenters. The maximum absolute atomic E-state index is 8.36. The number of nitrogens with zero attached hydrogens (tertiary/aromatic N) is 3. The van der Waals surface area contributed by atoms with E-state index >= 15 is 0 Å². The van der Waals surface area contributed by atoms with Crippen molar-refractivity contribution in [2.75, 3.05) is 0 Å². The SMILES string of the molecule is O=[N+]([O-])O.[N-]=O.[N-]=O.[NH2-].[NH2-].[Pt+4]. The first-order valence-electron chi connectivity index (χ1n) is 0.930. The molecule has 0 aliphatic heterocycles. The predicted molar refractivity (Wildman–Crippen MR) is 32.8 cm³/mol. The number of hydrogen-bond donors (Lipinski definition) is 1. The van der Waals surface area contributed by atoms with Gasteiger partial charge in [0, 0.05) is 0 Å². The van der Waals surface area contributed by atoms with E-state index in [4.69, 9.17) is 36.3 Å². The van der Waals surface area contributed by atoms with Crippen molar-refractivity contribution in [2.45, 2.75) is 0 Å². The van der Waals surface area contributed by atoms with Gasteiger partial charge in [0.1, 0.15) is 0 Å². The van der Waals surface area contributed by atoms with Crippen molar-refractivity contribution in [3.8, 4) is 0 Å². The molecule has 11 heavy (non-hydrogen) atoms. The van der Waals surface area contributed by atoms with Gasteiger partial charge in [-0.05, 0) is 0 Å². The number of nitroso groups, excluding NO2 is 2. The molecular formula is H5N5O5Pt. The van der Waals surface area contributed by atoms with Crippen LogP contribution in [0.2, 0.25) is 0 Å². The summed E-state index contributed by atoms with van der Waals surface area (Å²) in [6.07, 6.45) is 0. The van der Waals surface area contributed by atoms with Gasteiger partial charge in [-0.2, -0.15) is 0 Å². The molecule has 0 spiro atoms. The molecule has 0 unspecified atom stereocenters. The minimum absolute atomic E-state index is 0. The smallest absolute Gasteiger partial charge is 0.693 e. The summed E-state index contributed by atoms with van der Waals surface area (Å²) in [6, 6.07) is 0. The van der Waals surface area contributed by atoms with Gasteiger partial charge in [-0.3, -0.25) is 0 Å². The maximum atomic E-state index is 8.36. The predicted octanol–water partition coefficient (Wildman–Crippen LogP) is 1.73. The normalized spacial score (nSPS) is 2.91. The van der Waals surface area contributed by atoms with Crippen LogP contribution in [-0.2, 0) is 21.1 Å². The van der Waals surface area contributed by atoms with E-state index in [0.29, 0.717) is 0 Å². The van der Waals surface area contributed by atoms with Crippen LogP contribution >= 0.6 is 0 Å². The zero-order valence-electron chi connectivity index (χ0n) is 4.89. The van der Waals surface area contributed by atoms with Crippen molar-refractivity contribution in [3.05, 3.63) is 43.4 Å². The monoisotopic (exact) mass is 350 g/mol. The van der Waals surface area contributed by atoms with E-state index in [1.54, 1.807) is 0 Å². The molecule has 0 bridgehead atoms. The fourth-order valence-electron chi connectivity index (χ4n) is 0. The first-order valence-corrected chi connectivity index (χ1v) is 0.930. The summed E-state index contributed by atoms with van der Waals surface area (Å²) < 4.78 is 0. The Morgan fingerprint density at radius 3 is 1.09 bits per heavy atom. The Morgan fingerprint density at radius 1 is 1.09 bits per heavy atom. The zero-order chi connectivity index (χ0) is 7.58. The molecular weight excluding hydrogens is 345 g/mol. The topological polar surface area (TPSA) is 209 Å². The molecule has 0 heterocycles. The van der Waals surface area contributed by atoms with Gasteiger partial charge in [-0.15, -0.1) is 10.1 Å². The Morgan fingerprint density at radius 2 is 1.09 bits per heavy atom. The van der Waals surface area contributed by atoms with Crippen LogP contribution in [0.25, 0.3) is 23.5 Å². The van der Waals surface area contributed by atoms with Crippen LogP contribution in [-0.4, -0.2) is 10.3 Å². The molecule has 10 nitrogen and oxygen atoms in total. The first kappa shape index (κ1) is 50.6. The quantitative estimate of drug-likeness (QED) is 0.509. The van der Waals surface area contributed by atoms with Crippen LogP contribution in [0.4, 0.5) is 0 Å². The second-order valence-corrected chi connectivity index (χ2v) is 0.238. The summed E-state index contributed by atoms with van der Waals surface area (Å²) in [5, 5.41) is 13.6. The minimum Gasteiger partial charge on any atom is -0.693 e. The van der Waals surface area contributed by atoms with E-state index in [0.717, 1.165) is 0 Å². The van der Waals surface area contributed by atoms with Gasteiger partial charge in [-0.1, -0.05) is 0 Å². The molecule has 5 N–H and O–H groups in total. The molecule has 0 saturated heterocycles. The second-order valence-electron chi connectivity index (χ2n) is 0.238. The third-order valence-electron chi connectivity index (χ3n) is 0. The van der Waals surface area contributed by atoms with E-state index in [9.17, 15) is 0 Å². The van der Waals surface area contributed by atoms with Crippen molar-refractivity contribution in [1.29, 1.82) is 0 Å². The van der Waals surface area contributed by atoms with Gasteiger partial charge >= 0.3 is 21.1 Å². The van der Waals surface area contributed by atoms with E-state index in [-0.39, 0.29) is 33.4 Å². The summed E-state index contributed by atoms with van der Waals surface area (Å²) in [6.45, 7) is 0. The van der Waals surface area contributed by atoms with Crippen LogP contribution in [0.3, 0.4) is 0 Å². The van der Waals surface area contributed by atoms with Gasteiger partial charge in [0.05, 0.1) is 0 Å². The Bertz CT molecular complexity index is 52.8. The number of nitrogens with two attached hydrogens (primary N) is 2. The largest absolute Gasteiger partial charge is 4.00 e. The van der Waals surface area contributed by atoms with Crippen LogP contribution in [0.1, 0.15) is 0 Å². The fourth-order valence-corrected chi connectivity index (χ4v) is 0. The minimum atomic E-state index is -1.50. The molecule has 70 valence electrons. The van der Waals surface area contributed by atoms with Crippen LogP contribution < -0.4 is 0 Å². The second kappa shape index (κ2) is 143. The first-order chi connectivity index (χ1) is 3.73. The van der Waals surface area contributed by atoms with E-state index in [2.05, 4.69) is 0 Å². The molecule has 0 radical (unpaired) electrons. The summed E-state index contributed by atoms with van der Waals surface area (Å²) >= 11 is 0. The Kier molecular flexibility index (Phi) is 658. The molecule has 0 rings (SSSR count). The van der Waals surface area contributed by atoms with Gasteiger partial charge in [0.15, 0.2) is 0 Å². The molecule has 0 aromatic carbocycles. The van der Waals surface area contributed by atoms with Crippen molar-refractivity contribution >= 4 is 0 Å². The van der Waals surface area contributed by atoms with Crippen molar-refractivity contribution in [2.24, 2.45) is 0 Å². The fraction of sp³-hybridized carbons (Fsp3) is 0. The molecule has 0 aromatic rings. The summed E-state index contributed by atoms with van der Waals surface area (Å²) in [5.41, 5.74) is 11.5. The third-order valence-corrected chi connectivity index (χ3v) is 0. The van der Waals surface area contributed by atoms with Crippen molar-refractivity contribution < 1.29 is 31.4 Å². The standard InChI is InChI=1S/HNO3.2NO.2H2N.Pt/c2-1(3)4;2*1-2;;;/h(H,2,3,4);;;2*1H2;/q;4*-1;+4. The molecule has 11 heteroatoms. The van der Waals surface area contributed by atoms with Crippen molar-refractivity contribution in [3.63, 3.8) is 0 Å². The van der Waals surface area contributed by atoms with E-state index in [1.165, 1.54) is 0 Å². The average Bonchev–Trinajstić information content (AvgIpc) is 1.75. The molecule has 0 aliphatic rings. The van der Waals surface area contributed by atoms with Gasteiger partial charge in [0.2, 0.25) is 0 Å². The van der Waals surface area contributed by atoms with Gasteiger partial charge in [0.25, 0.3) is 5.09 Å². The maximum Gasteiger partial charge on any atom is 4.00 e. The molecule has 0 fully saturated rings. The van der Waals surface area contributed by atoms with Gasteiger partial charge < -0.3 is 38.5 Å². The van der Waals surface area contributed by atoms with Crippen LogP contribution in [0.5, 0.6) is 0 Å². The Balaban J connectivity index is -0.00000000813. The zero-order valence-corrected chi connectivity index (χ0v) is 7.16. The van der Waals surface area contributed by atoms with Gasteiger partial charge in [-0.25, -0.2) is 0 Å². The molecule has 0 saturated carbocycles. The van der Waals surface area contributed by atoms with Crippen LogP contribution in [0.15, 0.2) is 0 Å². The average molecular weight is 350 g/mol. The van der Waals surface area contributed by atoms with Crippen molar-refractivity contribution in [1.82, 2.24) is 0 Å².